The summed E-state index contributed by atoms with van der Waals surface area (Å²) in [4.78, 5) is 13.4. The molecule has 150 valence electrons. The van der Waals surface area contributed by atoms with Gasteiger partial charge >= 0.3 is 0 Å². The van der Waals surface area contributed by atoms with Crippen LogP contribution in [0.4, 0.5) is 0 Å². The third-order valence-electron chi connectivity index (χ3n) is 7.99. The first kappa shape index (κ1) is 16.8. The molecule has 0 saturated heterocycles. The molecule has 0 radical (unpaired) electrons. The van der Waals surface area contributed by atoms with Crippen molar-refractivity contribution in [2.24, 2.45) is 11.3 Å². The van der Waals surface area contributed by atoms with E-state index in [1.165, 1.54) is 19.3 Å². The minimum atomic E-state index is 0.0666. The van der Waals surface area contributed by atoms with Crippen molar-refractivity contribution in [3.8, 4) is 0 Å². The van der Waals surface area contributed by atoms with E-state index >= 15 is 0 Å². The number of nitrogens with zero attached hydrogens (tertiary/aromatic N) is 1. The number of para-hydroxylation sites is 2. The number of fused-ring (bicyclic) bond motifs is 2. The summed E-state index contributed by atoms with van der Waals surface area (Å²) in [5, 5.41) is 5.68. The molecule has 2 aromatic heterocycles. The molecule has 8 rings (SSSR count). The Bertz CT molecular complexity index is 1270. The van der Waals surface area contributed by atoms with Crippen molar-refractivity contribution in [2.45, 2.75) is 44.2 Å². The molecule has 2 aromatic carbocycles. The molecule has 0 aliphatic heterocycles. The summed E-state index contributed by atoms with van der Waals surface area (Å²) in [6.45, 7) is 0.610. The zero-order valence-corrected chi connectivity index (χ0v) is 16.9. The number of hydrogen-bond donors (Lipinski definition) is 1. The fourth-order valence-electron chi connectivity index (χ4n) is 6.12. The fraction of sp³-hybridized carbons (Fsp3) is 0.346. The standard InChI is InChI=1S/C26H24N2O2/c29-24(27-26(9-10-26)25-13-17(14-25)15-25)21-6-3-5-18-8-11-28(23(18)21)16-20-12-19-4-1-2-7-22(19)30-20/h1-8,11-12,17H,9-10,13-16H2,(H,27,29). The van der Waals surface area contributed by atoms with Crippen molar-refractivity contribution in [3.63, 3.8) is 0 Å². The molecule has 4 aliphatic carbocycles. The van der Waals surface area contributed by atoms with Gasteiger partial charge in [0.2, 0.25) is 0 Å². The predicted octanol–water partition coefficient (Wildman–Crippen LogP) is 5.50. The SMILES string of the molecule is O=C(NC1(C23CC(C2)C3)CC1)c1cccc2ccn(Cc3cc4ccccc4o3)c12. The van der Waals surface area contributed by atoms with Crippen LogP contribution < -0.4 is 5.32 Å². The Labute approximate surface area is 174 Å². The maximum absolute atomic E-state index is 13.4. The van der Waals surface area contributed by atoms with Crippen LogP contribution in [0.15, 0.2) is 65.2 Å². The van der Waals surface area contributed by atoms with Crippen LogP contribution in [0.5, 0.6) is 0 Å². The van der Waals surface area contributed by atoms with Gasteiger partial charge in [0.05, 0.1) is 17.6 Å². The molecule has 0 unspecified atom stereocenters. The van der Waals surface area contributed by atoms with Gasteiger partial charge in [-0.25, -0.2) is 0 Å². The van der Waals surface area contributed by atoms with Crippen LogP contribution in [0.3, 0.4) is 0 Å². The summed E-state index contributed by atoms with van der Waals surface area (Å²) in [6, 6.07) is 18.3. The number of hydrogen-bond acceptors (Lipinski definition) is 2. The Morgan fingerprint density at radius 1 is 1.03 bits per heavy atom. The van der Waals surface area contributed by atoms with E-state index in [0.717, 1.165) is 52.0 Å². The minimum absolute atomic E-state index is 0.0666. The highest BCUT2D eigenvalue weighted by atomic mass is 16.3. The second kappa shape index (κ2) is 5.57. The number of aromatic nitrogens is 1. The molecule has 0 atom stereocenters. The molecule has 4 aromatic rings. The van der Waals surface area contributed by atoms with Crippen LogP contribution in [0.2, 0.25) is 0 Å². The summed E-state index contributed by atoms with van der Waals surface area (Å²) < 4.78 is 8.17. The van der Waals surface area contributed by atoms with Crippen LogP contribution in [-0.4, -0.2) is 16.0 Å². The lowest BCUT2D eigenvalue weighted by atomic mass is 9.40. The van der Waals surface area contributed by atoms with Crippen LogP contribution in [-0.2, 0) is 6.54 Å². The van der Waals surface area contributed by atoms with Gasteiger partial charge in [-0.05, 0) is 67.7 Å². The third kappa shape index (κ3) is 2.19. The van der Waals surface area contributed by atoms with E-state index in [4.69, 9.17) is 4.42 Å². The Morgan fingerprint density at radius 2 is 1.83 bits per heavy atom. The number of furan rings is 1. The molecule has 1 amide bonds. The van der Waals surface area contributed by atoms with Crippen LogP contribution >= 0.6 is 0 Å². The van der Waals surface area contributed by atoms with Gasteiger partial charge in [0.1, 0.15) is 11.3 Å². The van der Waals surface area contributed by atoms with E-state index < -0.39 is 0 Å². The summed E-state index contributed by atoms with van der Waals surface area (Å²) >= 11 is 0. The molecule has 4 nitrogen and oxygen atoms in total. The van der Waals surface area contributed by atoms with Crippen LogP contribution in [0.1, 0.15) is 48.2 Å². The average molecular weight is 396 g/mol. The quantitative estimate of drug-likeness (QED) is 0.484. The molecular weight excluding hydrogens is 372 g/mol. The second-order valence-electron chi connectivity index (χ2n) is 9.73. The van der Waals surface area contributed by atoms with Crippen molar-refractivity contribution in [1.29, 1.82) is 0 Å². The summed E-state index contributed by atoms with van der Waals surface area (Å²) in [7, 11) is 0. The highest BCUT2D eigenvalue weighted by Crippen LogP contribution is 2.74. The highest BCUT2D eigenvalue weighted by Gasteiger charge is 2.71. The molecule has 2 heterocycles. The summed E-state index contributed by atoms with van der Waals surface area (Å²) in [5.41, 5.74) is 3.14. The number of carbonyl (C=O) groups excluding carboxylic acids is 1. The second-order valence-corrected chi connectivity index (χ2v) is 9.73. The molecule has 2 bridgehead atoms. The first-order valence-corrected chi connectivity index (χ1v) is 11.0. The van der Waals surface area contributed by atoms with E-state index in [9.17, 15) is 4.79 Å². The van der Waals surface area contributed by atoms with Gasteiger partial charge in [-0.3, -0.25) is 4.79 Å². The Balaban J connectivity index is 1.23. The first-order valence-electron chi connectivity index (χ1n) is 11.0. The number of amides is 1. The lowest BCUT2D eigenvalue weighted by Crippen LogP contribution is -2.65. The smallest absolute Gasteiger partial charge is 0.253 e. The van der Waals surface area contributed by atoms with Gasteiger partial charge in [0.25, 0.3) is 5.91 Å². The number of rotatable bonds is 5. The zero-order chi connectivity index (χ0) is 19.9. The topological polar surface area (TPSA) is 47.2 Å². The Hall–Kier alpha value is -3.01. The van der Waals surface area contributed by atoms with Crippen molar-refractivity contribution in [3.05, 3.63) is 72.1 Å². The lowest BCUT2D eigenvalue weighted by Gasteiger charge is -2.66. The first-order chi connectivity index (χ1) is 14.6. The maximum atomic E-state index is 13.4. The van der Waals surface area contributed by atoms with Crippen LogP contribution in [0.25, 0.3) is 21.9 Å². The molecule has 4 saturated carbocycles. The Morgan fingerprint density at radius 3 is 2.57 bits per heavy atom. The molecular formula is C26H24N2O2. The van der Waals surface area contributed by atoms with Crippen molar-refractivity contribution < 1.29 is 9.21 Å². The number of carbonyl (C=O) groups is 1. The van der Waals surface area contributed by atoms with E-state index in [2.05, 4.69) is 40.3 Å². The van der Waals surface area contributed by atoms with E-state index in [1.807, 2.05) is 30.3 Å². The van der Waals surface area contributed by atoms with Gasteiger partial charge in [0, 0.05) is 22.5 Å². The average Bonchev–Trinajstić information content (AvgIpc) is 3.13. The molecule has 4 aliphatic rings. The normalized spacial score (nSPS) is 25.7. The molecule has 30 heavy (non-hydrogen) atoms. The van der Waals surface area contributed by atoms with E-state index in [1.54, 1.807) is 0 Å². The van der Waals surface area contributed by atoms with Gasteiger partial charge < -0.3 is 14.3 Å². The highest BCUT2D eigenvalue weighted by molar-refractivity contribution is 6.06. The predicted molar refractivity (Wildman–Crippen MR) is 116 cm³/mol. The van der Waals surface area contributed by atoms with Crippen molar-refractivity contribution >= 4 is 27.8 Å². The summed E-state index contributed by atoms with van der Waals surface area (Å²) in [5.74, 6) is 1.91. The fourth-order valence-corrected chi connectivity index (χ4v) is 6.12. The van der Waals surface area contributed by atoms with Gasteiger partial charge in [-0.1, -0.05) is 30.3 Å². The van der Waals surface area contributed by atoms with Gasteiger partial charge in [-0.15, -0.1) is 0 Å². The van der Waals surface area contributed by atoms with E-state index in [-0.39, 0.29) is 11.4 Å². The minimum Gasteiger partial charge on any atom is -0.459 e. The van der Waals surface area contributed by atoms with Crippen molar-refractivity contribution in [2.75, 3.05) is 0 Å². The van der Waals surface area contributed by atoms with Gasteiger partial charge in [-0.2, -0.15) is 0 Å². The number of benzene rings is 2. The summed E-state index contributed by atoms with van der Waals surface area (Å²) in [6.07, 6.45) is 8.30. The number of nitrogens with one attached hydrogen (secondary N) is 1. The van der Waals surface area contributed by atoms with Crippen molar-refractivity contribution in [1.82, 2.24) is 9.88 Å². The van der Waals surface area contributed by atoms with Crippen LogP contribution in [0, 0.1) is 11.3 Å². The monoisotopic (exact) mass is 396 g/mol. The molecule has 0 spiro atoms. The third-order valence-corrected chi connectivity index (χ3v) is 7.99. The Kier molecular flexibility index (Phi) is 3.11. The largest absolute Gasteiger partial charge is 0.459 e. The lowest BCUT2D eigenvalue weighted by molar-refractivity contribution is -0.140. The molecule has 1 N–H and O–H groups in total. The maximum Gasteiger partial charge on any atom is 0.253 e. The van der Waals surface area contributed by atoms with Gasteiger partial charge in [0.15, 0.2) is 0 Å². The zero-order valence-electron chi connectivity index (χ0n) is 16.9. The van der Waals surface area contributed by atoms with E-state index in [0.29, 0.717) is 12.0 Å². The molecule has 4 heteroatoms. The molecule has 4 fully saturated rings.